The molecule has 0 radical (unpaired) electrons. The summed E-state index contributed by atoms with van der Waals surface area (Å²) in [6.45, 7) is 6.57. The fraction of sp³-hybridized carbons (Fsp3) is 0.871. The van der Waals surface area contributed by atoms with Gasteiger partial charge in [-0.05, 0) is 64.2 Å². The van der Waals surface area contributed by atoms with E-state index in [4.69, 9.17) is 14.2 Å². The van der Waals surface area contributed by atoms with Crippen LogP contribution in [-0.4, -0.2) is 37.2 Å². The predicted molar refractivity (Wildman–Crippen MR) is 330 cm³/mol. The highest BCUT2D eigenvalue weighted by Gasteiger charge is 2.19. The Kier molecular flexibility index (Phi) is 63.1. The van der Waals surface area contributed by atoms with Crippen LogP contribution in [-0.2, 0) is 28.6 Å². The zero-order chi connectivity index (χ0) is 55.0. The molecule has 0 bridgehead atoms. The van der Waals surface area contributed by atoms with Crippen LogP contribution in [0.5, 0.6) is 0 Å². The molecule has 0 heterocycles. The van der Waals surface area contributed by atoms with Gasteiger partial charge in [0, 0.05) is 19.3 Å². The molecular formula is C70H130O6. The Balaban J connectivity index is 3.98. The second kappa shape index (κ2) is 65.2. The van der Waals surface area contributed by atoms with Crippen LogP contribution in [0.4, 0.5) is 0 Å². The molecule has 0 rings (SSSR count). The van der Waals surface area contributed by atoms with Gasteiger partial charge >= 0.3 is 17.9 Å². The molecule has 0 aliphatic carbocycles. The van der Waals surface area contributed by atoms with Gasteiger partial charge < -0.3 is 14.2 Å². The number of hydrogen-bond acceptors (Lipinski definition) is 6. The van der Waals surface area contributed by atoms with Crippen molar-refractivity contribution in [3.05, 3.63) is 36.5 Å². The lowest BCUT2D eigenvalue weighted by atomic mass is 10.0. The van der Waals surface area contributed by atoms with Crippen molar-refractivity contribution in [3.8, 4) is 0 Å². The van der Waals surface area contributed by atoms with Gasteiger partial charge in [-0.15, -0.1) is 0 Å². The lowest BCUT2D eigenvalue weighted by molar-refractivity contribution is -0.167. The van der Waals surface area contributed by atoms with E-state index in [1.54, 1.807) is 0 Å². The van der Waals surface area contributed by atoms with Gasteiger partial charge in [-0.2, -0.15) is 0 Å². The molecule has 0 aliphatic rings. The van der Waals surface area contributed by atoms with Gasteiger partial charge in [0.25, 0.3) is 0 Å². The topological polar surface area (TPSA) is 78.9 Å². The van der Waals surface area contributed by atoms with Gasteiger partial charge in [0.15, 0.2) is 6.10 Å². The maximum Gasteiger partial charge on any atom is 0.306 e. The summed E-state index contributed by atoms with van der Waals surface area (Å²) in [6.07, 6.45) is 80.6. The lowest BCUT2D eigenvalue weighted by Crippen LogP contribution is -2.30. The SMILES string of the molecule is CCC/C=C\C/C=C\CCCCCCCC(=O)OC(COC(=O)CCCCCCC/C=C\CCCC)COC(=O)CCCCCCCCCCCCCCCCCCCCCCCCCCCCCCCCCCCC. The van der Waals surface area contributed by atoms with E-state index in [1.807, 2.05) is 0 Å². The van der Waals surface area contributed by atoms with Gasteiger partial charge in [0.05, 0.1) is 0 Å². The second-order valence-corrected chi connectivity index (χ2v) is 23.1. The average Bonchev–Trinajstić information content (AvgIpc) is 3.42. The Morgan fingerprint density at radius 3 is 0.829 bits per heavy atom. The first-order valence-electron chi connectivity index (χ1n) is 34.0. The molecule has 0 fully saturated rings. The minimum atomic E-state index is -0.780. The van der Waals surface area contributed by atoms with Crippen LogP contribution < -0.4 is 0 Å². The van der Waals surface area contributed by atoms with E-state index in [0.717, 1.165) is 96.3 Å². The molecule has 1 atom stereocenters. The molecule has 0 N–H and O–H groups in total. The molecule has 0 saturated heterocycles. The zero-order valence-electron chi connectivity index (χ0n) is 51.3. The first-order valence-corrected chi connectivity index (χ1v) is 34.0. The molecule has 0 aliphatic heterocycles. The molecule has 0 saturated carbocycles. The predicted octanol–water partition coefficient (Wildman–Crippen LogP) is 23.2. The van der Waals surface area contributed by atoms with E-state index < -0.39 is 6.10 Å². The standard InChI is InChI=1S/C70H130O6/c1-4-7-10-13-16-19-22-24-25-26-27-28-29-30-31-32-33-34-35-36-37-38-39-40-41-42-43-44-46-48-51-54-57-60-63-69(72)75-66-67(65-74-68(71)62-59-56-53-50-47-21-18-15-12-9-6-3)76-70(73)64-61-58-55-52-49-45-23-20-17-14-11-8-5-2/h11,14-15,18,20,23,67H,4-10,12-13,16-17,19,21-22,24-66H2,1-3H3/b14-11-,18-15-,23-20-. The summed E-state index contributed by atoms with van der Waals surface area (Å²) in [5, 5.41) is 0. The van der Waals surface area contributed by atoms with Gasteiger partial charge in [-0.25, -0.2) is 0 Å². The summed E-state index contributed by atoms with van der Waals surface area (Å²) in [6, 6.07) is 0. The number of unbranched alkanes of at least 4 members (excludes halogenated alkanes) is 46. The Morgan fingerprint density at radius 1 is 0.263 bits per heavy atom. The van der Waals surface area contributed by atoms with E-state index in [2.05, 4.69) is 57.2 Å². The number of carbonyl (C=O) groups excluding carboxylic acids is 3. The van der Waals surface area contributed by atoms with E-state index in [1.165, 1.54) is 238 Å². The molecule has 6 nitrogen and oxygen atoms in total. The first-order chi connectivity index (χ1) is 37.5. The van der Waals surface area contributed by atoms with Crippen LogP contribution in [0.25, 0.3) is 0 Å². The number of hydrogen-bond donors (Lipinski definition) is 0. The summed E-state index contributed by atoms with van der Waals surface area (Å²) >= 11 is 0. The van der Waals surface area contributed by atoms with E-state index in [-0.39, 0.29) is 31.1 Å². The smallest absolute Gasteiger partial charge is 0.306 e. The quantitative estimate of drug-likeness (QED) is 0.0261. The van der Waals surface area contributed by atoms with Crippen LogP contribution in [0, 0.1) is 0 Å². The van der Waals surface area contributed by atoms with Crippen molar-refractivity contribution in [2.75, 3.05) is 13.2 Å². The van der Waals surface area contributed by atoms with Crippen LogP contribution in [0.15, 0.2) is 36.5 Å². The van der Waals surface area contributed by atoms with E-state index in [0.29, 0.717) is 19.3 Å². The number of allylic oxidation sites excluding steroid dienone is 6. The number of carbonyl (C=O) groups is 3. The van der Waals surface area contributed by atoms with Crippen molar-refractivity contribution in [2.45, 2.75) is 380 Å². The number of esters is 3. The molecule has 0 amide bonds. The molecule has 0 aromatic rings. The lowest BCUT2D eigenvalue weighted by Gasteiger charge is -2.18. The molecule has 0 aromatic carbocycles. The summed E-state index contributed by atoms with van der Waals surface area (Å²) < 4.78 is 16.9. The van der Waals surface area contributed by atoms with Crippen LogP contribution in [0.2, 0.25) is 0 Å². The molecular weight excluding hydrogens is 937 g/mol. The molecule has 0 aromatic heterocycles. The summed E-state index contributed by atoms with van der Waals surface area (Å²) in [5.74, 6) is -0.883. The van der Waals surface area contributed by atoms with Crippen molar-refractivity contribution in [1.82, 2.24) is 0 Å². The van der Waals surface area contributed by atoms with Gasteiger partial charge in [-0.3, -0.25) is 14.4 Å². The van der Waals surface area contributed by atoms with Gasteiger partial charge in [0.2, 0.25) is 0 Å². The fourth-order valence-corrected chi connectivity index (χ4v) is 10.2. The minimum absolute atomic E-state index is 0.0771. The largest absolute Gasteiger partial charge is 0.462 e. The Bertz CT molecular complexity index is 1270. The fourth-order valence-electron chi connectivity index (χ4n) is 10.2. The monoisotopic (exact) mass is 1070 g/mol. The van der Waals surface area contributed by atoms with E-state index in [9.17, 15) is 14.4 Å². The number of rotatable bonds is 63. The minimum Gasteiger partial charge on any atom is -0.462 e. The first kappa shape index (κ1) is 73.6. The van der Waals surface area contributed by atoms with E-state index >= 15 is 0 Å². The van der Waals surface area contributed by atoms with Crippen molar-refractivity contribution >= 4 is 17.9 Å². The summed E-state index contributed by atoms with van der Waals surface area (Å²) in [5.41, 5.74) is 0. The normalized spacial score (nSPS) is 12.2. The van der Waals surface area contributed by atoms with Crippen molar-refractivity contribution < 1.29 is 28.6 Å². The molecule has 6 heteroatoms. The van der Waals surface area contributed by atoms with Gasteiger partial charge in [0.1, 0.15) is 13.2 Å². The van der Waals surface area contributed by atoms with Crippen molar-refractivity contribution in [2.24, 2.45) is 0 Å². The van der Waals surface area contributed by atoms with Crippen LogP contribution in [0.3, 0.4) is 0 Å². The van der Waals surface area contributed by atoms with Gasteiger partial charge in [-0.1, -0.05) is 327 Å². The molecule has 76 heavy (non-hydrogen) atoms. The summed E-state index contributed by atoms with van der Waals surface area (Å²) in [7, 11) is 0. The molecule has 446 valence electrons. The van der Waals surface area contributed by atoms with Crippen molar-refractivity contribution in [1.29, 1.82) is 0 Å². The Hall–Kier alpha value is -2.37. The third-order valence-electron chi connectivity index (χ3n) is 15.3. The Labute approximate surface area is 474 Å². The third kappa shape index (κ3) is 62.5. The molecule has 1 unspecified atom stereocenters. The van der Waals surface area contributed by atoms with Crippen LogP contribution >= 0.6 is 0 Å². The highest BCUT2D eigenvalue weighted by Crippen LogP contribution is 2.19. The summed E-state index contributed by atoms with van der Waals surface area (Å²) in [4.78, 5) is 38.1. The average molecular weight is 1070 g/mol. The van der Waals surface area contributed by atoms with Crippen LogP contribution in [0.1, 0.15) is 374 Å². The molecule has 0 spiro atoms. The maximum absolute atomic E-state index is 12.8. The third-order valence-corrected chi connectivity index (χ3v) is 15.3. The highest BCUT2D eigenvalue weighted by atomic mass is 16.6. The Morgan fingerprint density at radius 2 is 0.513 bits per heavy atom. The van der Waals surface area contributed by atoms with Crippen molar-refractivity contribution in [3.63, 3.8) is 0 Å². The second-order valence-electron chi connectivity index (χ2n) is 23.1. The number of ether oxygens (including phenoxy) is 3. The highest BCUT2D eigenvalue weighted by molar-refractivity contribution is 5.71. The zero-order valence-corrected chi connectivity index (χ0v) is 51.3. The maximum atomic E-state index is 12.8.